The fourth-order valence-corrected chi connectivity index (χ4v) is 4.10. The molecule has 0 N–H and O–H groups in total. The van der Waals surface area contributed by atoms with Crippen LogP contribution in [-0.4, -0.2) is 16.5 Å². The molecule has 1 aliphatic rings. The Labute approximate surface area is 140 Å². The summed E-state index contributed by atoms with van der Waals surface area (Å²) in [5, 5.41) is 1.13. The molecular weight excluding hydrogens is 302 g/mol. The third-order valence-corrected chi connectivity index (χ3v) is 5.76. The van der Waals surface area contributed by atoms with E-state index < -0.39 is 0 Å². The van der Waals surface area contributed by atoms with E-state index >= 15 is 0 Å². The van der Waals surface area contributed by atoms with E-state index in [0.717, 1.165) is 24.6 Å². The summed E-state index contributed by atoms with van der Waals surface area (Å²) >= 11 is 1.80. The van der Waals surface area contributed by atoms with Crippen molar-refractivity contribution in [2.45, 2.75) is 25.8 Å². The van der Waals surface area contributed by atoms with Crippen LogP contribution in [0.4, 0.5) is 5.13 Å². The van der Waals surface area contributed by atoms with Gasteiger partial charge in [-0.25, -0.2) is 4.98 Å². The molecule has 0 radical (unpaired) electrons. The SMILES string of the molecule is CC(c1cccnc1)c1cnc(N2CCc3ccccc3C2)s1. The summed E-state index contributed by atoms with van der Waals surface area (Å²) in [6.45, 7) is 4.23. The first-order chi connectivity index (χ1) is 11.3. The maximum atomic E-state index is 4.68. The molecule has 0 bridgehead atoms. The third kappa shape index (κ3) is 2.86. The molecule has 0 fully saturated rings. The van der Waals surface area contributed by atoms with Crippen LogP contribution in [0, 0.1) is 0 Å². The lowest BCUT2D eigenvalue weighted by Gasteiger charge is -2.28. The van der Waals surface area contributed by atoms with Crippen molar-refractivity contribution in [2.24, 2.45) is 0 Å². The molecule has 3 aromatic rings. The Morgan fingerprint density at radius 1 is 1.09 bits per heavy atom. The predicted molar refractivity (Wildman–Crippen MR) is 95.1 cm³/mol. The Kier molecular flexibility index (Phi) is 3.83. The number of thiazole rings is 1. The first kappa shape index (κ1) is 14.4. The Hall–Kier alpha value is -2.20. The van der Waals surface area contributed by atoms with E-state index in [1.54, 1.807) is 11.3 Å². The van der Waals surface area contributed by atoms with Gasteiger partial charge in [0.15, 0.2) is 5.13 Å². The van der Waals surface area contributed by atoms with Gasteiger partial charge in [0.05, 0.1) is 0 Å². The molecule has 0 saturated heterocycles. The highest BCUT2D eigenvalue weighted by Crippen LogP contribution is 2.34. The topological polar surface area (TPSA) is 29.0 Å². The van der Waals surface area contributed by atoms with Gasteiger partial charge in [-0.2, -0.15) is 0 Å². The number of anilines is 1. The van der Waals surface area contributed by atoms with Crippen molar-refractivity contribution >= 4 is 16.5 Å². The first-order valence-electron chi connectivity index (χ1n) is 7.98. The smallest absolute Gasteiger partial charge is 0.185 e. The minimum absolute atomic E-state index is 0.340. The zero-order valence-electron chi connectivity index (χ0n) is 13.1. The van der Waals surface area contributed by atoms with Crippen molar-refractivity contribution in [3.8, 4) is 0 Å². The molecular formula is C19H19N3S. The van der Waals surface area contributed by atoms with Crippen LogP contribution in [0.15, 0.2) is 55.0 Å². The molecule has 3 heterocycles. The summed E-state index contributed by atoms with van der Waals surface area (Å²) in [4.78, 5) is 12.6. The zero-order chi connectivity index (χ0) is 15.6. The van der Waals surface area contributed by atoms with E-state index in [2.05, 4.69) is 52.1 Å². The second kappa shape index (κ2) is 6.13. The number of hydrogen-bond donors (Lipinski definition) is 0. The van der Waals surface area contributed by atoms with E-state index in [9.17, 15) is 0 Å². The highest BCUT2D eigenvalue weighted by molar-refractivity contribution is 7.15. The van der Waals surface area contributed by atoms with Crippen LogP contribution in [0.5, 0.6) is 0 Å². The fraction of sp³-hybridized carbons (Fsp3) is 0.263. The lowest BCUT2D eigenvalue weighted by atomic mass is 10.0. The monoisotopic (exact) mass is 321 g/mol. The molecule has 0 spiro atoms. The molecule has 3 nitrogen and oxygen atoms in total. The molecule has 1 atom stereocenters. The summed E-state index contributed by atoms with van der Waals surface area (Å²) in [6, 6.07) is 12.9. The summed E-state index contributed by atoms with van der Waals surface area (Å²) < 4.78 is 0. The second-order valence-electron chi connectivity index (χ2n) is 5.99. The minimum atomic E-state index is 0.340. The highest BCUT2D eigenvalue weighted by atomic mass is 32.1. The Morgan fingerprint density at radius 3 is 2.78 bits per heavy atom. The molecule has 2 aromatic heterocycles. The van der Waals surface area contributed by atoms with E-state index in [0.29, 0.717) is 5.92 Å². The van der Waals surface area contributed by atoms with Crippen LogP contribution in [0.25, 0.3) is 0 Å². The number of fused-ring (bicyclic) bond motifs is 1. The lowest BCUT2D eigenvalue weighted by molar-refractivity contribution is 0.729. The fourth-order valence-electron chi connectivity index (χ4n) is 3.08. The van der Waals surface area contributed by atoms with Gasteiger partial charge in [0.2, 0.25) is 0 Å². The van der Waals surface area contributed by atoms with E-state index in [-0.39, 0.29) is 0 Å². The van der Waals surface area contributed by atoms with Crippen LogP contribution >= 0.6 is 11.3 Å². The molecule has 23 heavy (non-hydrogen) atoms. The molecule has 0 saturated carbocycles. The summed E-state index contributed by atoms with van der Waals surface area (Å²) in [6.07, 6.45) is 6.89. The van der Waals surface area contributed by atoms with Crippen LogP contribution in [0.2, 0.25) is 0 Å². The third-order valence-electron chi connectivity index (χ3n) is 4.52. The maximum Gasteiger partial charge on any atom is 0.185 e. The van der Waals surface area contributed by atoms with Gasteiger partial charge in [-0.3, -0.25) is 4.98 Å². The average molecular weight is 321 g/mol. The van der Waals surface area contributed by atoms with E-state index in [4.69, 9.17) is 0 Å². The lowest BCUT2D eigenvalue weighted by Crippen LogP contribution is -2.30. The summed E-state index contributed by atoms with van der Waals surface area (Å²) in [5.41, 5.74) is 4.15. The second-order valence-corrected chi connectivity index (χ2v) is 7.03. The van der Waals surface area contributed by atoms with Crippen molar-refractivity contribution in [3.63, 3.8) is 0 Å². The number of rotatable bonds is 3. The standard InChI is InChI=1S/C19H19N3S/c1-14(16-7-4-9-20-11-16)18-12-21-19(23-18)22-10-8-15-5-2-3-6-17(15)13-22/h2-7,9,11-12,14H,8,10,13H2,1H3. The van der Waals surface area contributed by atoms with Crippen molar-refractivity contribution in [1.82, 2.24) is 9.97 Å². The van der Waals surface area contributed by atoms with Crippen LogP contribution in [0.1, 0.15) is 34.4 Å². The average Bonchev–Trinajstić information content (AvgIpc) is 3.11. The number of aromatic nitrogens is 2. The molecule has 0 amide bonds. The molecule has 1 aliphatic heterocycles. The summed E-state index contributed by atoms with van der Waals surface area (Å²) in [7, 11) is 0. The number of nitrogens with zero attached hydrogens (tertiary/aromatic N) is 3. The number of pyridine rings is 1. The van der Waals surface area contributed by atoms with E-state index in [1.807, 2.05) is 24.7 Å². The van der Waals surface area contributed by atoms with Crippen LogP contribution in [-0.2, 0) is 13.0 Å². The van der Waals surface area contributed by atoms with Gasteiger partial charge >= 0.3 is 0 Å². The predicted octanol–water partition coefficient (Wildman–Crippen LogP) is 4.25. The van der Waals surface area contributed by atoms with Gasteiger partial charge in [0, 0.05) is 42.5 Å². The minimum Gasteiger partial charge on any atom is -0.343 e. The van der Waals surface area contributed by atoms with Gasteiger partial charge < -0.3 is 4.90 Å². The van der Waals surface area contributed by atoms with Crippen molar-refractivity contribution < 1.29 is 0 Å². The summed E-state index contributed by atoms with van der Waals surface area (Å²) in [5.74, 6) is 0.340. The molecule has 4 rings (SSSR count). The molecule has 4 heteroatoms. The molecule has 1 unspecified atom stereocenters. The molecule has 1 aromatic carbocycles. The normalized spacial score (nSPS) is 15.3. The Bertz CT molecular complexity index is 797. The van der Waals surface area contributed by atoms with Crippen molar-refractivity contribution in [1.29, 1.82) is 0 Å². The van der Waals surface area contributed by atoms with Gasteiger partial charge in [-0.1, -0.05) is 37.3 Å². The van der Waals surface area contributed by atoms with Crippen LogP contribution < -0.4 is 4.90 Å². The van der Waals surface area contributed by atoms with E-state index in [1.165, 1.54) is 21.6 Å². The van der Waals surface area contributed by atoms with Gasteiger partial charge in [0.25, 0.3) is 0 Å². The van der Waals surface area contributed by atoms with Gasteiger partial charge in [0.1, 0.15) is 0 Å². The van der Waals surface area contributed by atoms with Gasteiger partial charge in [-0.05, 0) is 29.2 Å². The number of hydrogen-bond acceptors (Lipinski definition) is 4. The van der Waals surface area contributed by atoms with Crippen molar-refractivity contribution in [3.05, 3.63) is 76.6 Å². The first-order valence-corrected chi connectivity index (χ1v) is 8.80. The van der Waals surface area contributed by atoms with Crippen LogP contribution in [0.3, 0.4) is 0 Å². The Balaban J connectivity index is 1.55. The molecule has 0 aliphatic carbocycles. The molecule has 116 valence electrons. The zero-order valence-corrected chi connectivity index (χ0v) is 14.0. The van der Waals surface area contributed by atoms with Gasteiger partial charge in [-0.15, -0.1) is 11.3 Å². The maximum absolute atomic E-state index is 4.68. The quantitative estimate of drug-likeness (QED) is 0.722. The number of benzene rings is 1. The van der Waals surface area contributed by atoms with Crippen molar-refractivity contribution in [2.75, 3.05) is 11.4 Å². The highest BCUT2D eigenvalue weighted by Gasteiger charge is 2.20. The Morgan fingerprint density at radius 2 is 1.96 bits per heavy atom. The largest absolute Gasteiger partial charge is 0.343 e.